The Balaban J connectivity index is 1.92. The first-order valence-electron chi connectivity index (χ1n) is 6.22. The summed E-state index contributed by atoms with van der Waals surface area (Å²) in [6.45, 7) is 3.32. The second-order valence-corrected chi connectivity index (χ2v) is 5.78. The summed E-state index contributed by atoms with van der Waals surface area (Å²) in [5.41, 5.74) is 2.86. The summed E-state index contributed by atoms with van der Waals surface area (Å²) in [4.78, 5) is 2.22. The molecule has 0 fully saturated rings. The van der Waals surface area contributed by atoms with E-state index in [0.717, 1.165) is 24.4 Å². The second kappa shape index (κ2) is 5.38. The SMILES string of the molecule is CC(CN(C)C)NC1Cc2ccc(Cl)cc2C1. The molecule has 0 radical (unpaired) electrons. The molecular weight excluding hydrogens is 232 g/mol. The van der Waals surface area contributed by atoms with Crippen molar-refractivity contribution in [3.63, 3.8) is 0 Å². The van der Waals surface area contributed by atoms with Gasteiger partial charge < -0.3 is 10.2 Å². The van der Waals surface area contributed by atoms with E-state index >= 15 is 0 Å². The molecule has 1 aliphatic carbocycles. The van der Waals surface area contributed by atoms with Gasteiger partial charge in [0.05, 0.1) is 0 Å². The minimum atomic E-state index is 0.528. The maximum absolute atomic E-state index is 6.02. The van der Waals surface area contributed by atoms with Crippen LogP contribution in [-0.4, -0.2) is 37.6 Å². The number of benzene rings is 1. The van der Waals surface area contributed by atoms with E-state index in [2.05, 4.69) is 43.4 Å². The summed E-state index contributed by atoms with van der Waals surface area (Å²) in [5.74, 6) is 0. The zero-order chi connectivity index (χ0) is 12.4. The Kier molecular flexibility index (Phi) is 4.08. The van der Waals surface area contributed by atoms with Crippen molar-refractivity contribution in [1.82, 2.24) is 10.2 Å². The van der Waals surface area contributed by atoms with Crippen LogP contribution < -0.4 is 5.32 Å². The number of hydrogen-bond donors (Lipinski definition) is 1. The minimum Gasteiger partial charge on any atom is -0.310 e. The van der Waals surface area contributed by atoms with Crippen LogP contribution in [0.2, 0.25) is 5.02 Å². The third-order valence-corrected chi connectivity index (χ3v) is 3.50. The lowest BCUT2D eigenvalue weighted by Gasteiger charge is -2.22. The summed E-state index contributed by atoms with van der Waals surface area (Å²) in [5, 5.41) is 4.54. The first-order chi connectivity index (χ1) is 8.04. The monoisotopic (exact) mass is 252 g/mol. The Morgan fingerprint density at radius 3 is 2.76 bits per heavy atom. The van der Waals surface area contributed by atoms with Crippen LogP contribution in [0.25, 0.3) is 0 Å². The molecule has 1 aromatic carbocycles. The van der Waals surface area contributed by atoms with E-state index in [1.807, 2.05) is 6.07 Å². The number of rotatable bonds is 4. The highest BCUT2D eigenvalue weighted by atomic mass is 35.5. The van der Waals surface area contributed by atoms with Gasteiger partial charge in [-0.1, -0.05) is 17.7 Å². The molecule has 0 saturated carbocycles. The molecule has 2 rings (SSSR count). The van der Waals surface area contributed by atoms with Crippen LogP contribution in [0, 0.1) is 0 Å². The highest BCUT2D eigenvalue weighted by molar-refractivity contribution is 6.30. The van der Waals surface area contributed by atoms with Gasteiger partial charge in [-0.05, 0) is 57.1 Å². The van der Waals surface area contributed by atoms with Crippen molar-refractivity contribution in [1.29, 1.82) is 0 Å². The highest BCUT2D eigenvalue weighted by Gasteiger charge is 2.22. The van der Waals surface area contributed by atoms with Gasteiger partial charge in [0, 0.05) is 23.7 Å². The highest BCUT2D eigenvalue weighted by Crippen LogP contribution is 2.25. The number of nitrogens with zero attached hydrogens (tertiary/aromatic N) is 1. The van der Waals surface area contributed by atoms with Crippen LogP contribution in [0.1, 0.15) is 18.1 Å². The fraction of sp³-hybridized carbons (Fsp3) is 0.571. The smallest absolute Gasteiger partial charge is 0.0408 e. The molecule has 0 amide bonds. The predicted octanol–water partition coefficient (Wildman–Crippen LogP) is 2.35. The Morgan fingerprint density at radius 2 is 2.06 bits per heavy atom. The van der Waals surface area contributed by atoms with E-state index < -0.39 is 0 Å². The standard InChI is InChI=1S/C14H21ClN2/c1-10(9-17(2)3)16-14-7-11-4-5-13(15)6-12(11)8-14/h4-6,10,14,16H,7-9H2,1-3H3. The Hall–Kier alpha value is -0.570. The number of fused-ring (bicyclic) bond motifs is 1. The molecular formula is C14H21ClN2. The van der Waals surface area contributed by atoms with Crippen LogP contribution in [-0.2, 0) is 12.8 Å². The van der Waals surface area contributed by atoms with Crippen molar-refractivity contribution in [2.75, 3.05) is 20.6 Å². The molecule has 2 atom stereocenters. The molecule has 0 saturated heterocycles. The Bertz CT molecular complexity index is 390. The van der Waals surface area contributed by atoms with E-state index in [-0.39, 0.29) is 0 Å². The second-order valence-electron chi connectivity index (χ2n) is 5.35. The summed E-state index contributed by atoms with van der Waals surface area (Å²) in [6, 6.07) is 7.36. The normalized spacial score (nSPS) is 20.6. The molecule has 0 aromatic heterocycles. The molecule has 0 aliphatic heterocycles. The van der Waals surface area contributed by atoms with Crippen LogP contribution in [0.5, 0.6) is 0 Å². The van der Waals surface area contributed by atoms with Crippen molar-refractivity contribution in [2.24, 2.45) is 0 Å². The zero-order valence-electron chi connectivity index (χ0n) is 10.8. The molecule has 3 heteroatoms. The molecule has 94 valence electrons. The molecule has 0 heterocycles. The van der Waals surface area contributed by atoms with Crippen LogP contribution in [0.3, 0.4) is 0 Å². The van der Waals surface area contributed by atoms with Crippen molar-refractivity contribution in [3.8, 4) is 0 Å². The van der Waals surface area contributed by atoms with Gasteiger partial charge in [-0.3, -0.25) is 0 Å². The van der Waals surface area contributed by atoms with Gasteiger partial charge in [-0.25, -0.2) is 0 Å². The lowest BCUT2D eigenvalue weighted by atomic mass is 10.1. The van der Waals surface area contributed by atoms with Crippen LogP contribution in [0.4, 0.5) is 0 Å². The summed E-state index contributed by atoms with van der Waals surface area (Å²) >= 11 is 6.02. The number of hydrogen-bond acceptors (Lipinski definition) is 2. The van der Waals surface area contributed by atoms with Crippen molar-refractivity contribution >= 4 is 11.6 Å². The number of likely N-dealkylation sites (N-methyl/N-ethyl adjacent to an activating group) is 1. The average Bonchev–Trinajstić information content (AvgIpc) is 2.57. The molecule has 0 spiro atoms. The first-order valence-corrected chi connectivity index (χ1v) is 6.60. The molecule has 2 nitrogen and oxygen atoms in total. The molecule has 2 unspecified atom stereocenters. The van der Waals surface area contributed by atoms with Gasteiger partial charge in [-0.2, -0.15) is 0 Å². The fourth-order valence-electron chi connectivity index (χ4n) is 2.71. The summed E-state index contributed by atoms with van der Waals surface area (Å²) < 4.78 is 0. The maximum Gasteiger partial charge on any atom is 0.0408 e. The van der Waals surface area contributed by atoms with E-state index in [4.69, 9.17) is 11.6 Å². The minimum absolute atomic E-state index is 0.528. The predicted molar refractivity (Wildman–Crippen MR) is 73.8 cm³/mol. The van der Waals surface area contributed by atoms with Crippen LogP contribution >= 0.6 is 11.6 Å². The Morgan fingerprint density at radius 1 is 1.35 bits per heavy atom. The van der Waals surface area contributed by atoms with E-state index in [1.165, 1.54) is 11.1 Å². The summed E-state index contributed by atoms with van der Waals surface area (Å²) in [7, 11) is 4.22. The largest absolute Gasteiger partial charge is 0.310 e. The maximum atomic E-state index is 6.02. The number of nitrogens with one attached hydrogen (secondary N) is 1. The Labute approximate surface area is 109 Å². The molecule has 17 heavy (non-hydrogen) atoms. The zero-order valence-corrected chi connectivity index (χ0v) is 11.6. The third-order valence-electron chi connectivity index (χ3n) is 3.26. The lowest BCUT2D eigenvalue weighted by Crippen LogP contribution is -2.42. The van der Waals surface area contributed by atoms with Crippen molar-refractivity contribution in [3.05, 3.63) is 34.3 Å². The quantitative estimate of drug-likeness (QED) is 0.885. The van der Waals surface area contributed by atoms with Gasteiger partial charge in [-0.15, -0.1) is 0 Å². The van der Waals surface area contributed by atoms with Crippen LogP contribution in [0.15, 0.2) is 18.2 Å². The van der Waals surface area contributed by atoms with Crippen molar-refractivity contribution < 1.29 is 0 Å². The molecule has 0 bridgehead atoms. The van der Waals surface area contributed by atoms with Gasteiger partial charge in [0.2, 0.25) is 0 Å². The van der Waals surface area contributed by atoms with E-state index in [0.29, 0.717) is 12.1 Å². The molecule has 1 aromatic rings. The molecule has 1 aliphatic rings. The topological polar surface area (TPSA) is 15.3 Å². The number of halogens is 1. The molecule has 1 N–H and O–H groups in total. The van der Waals surface area contributed by atoms with Gasteiger partial charge in [0.25, 0.3) is 0 Å². The van der Waals surface area contributed by atoms with E-state index in [1.54, 1.807) is 0 Å². The van der Waals surface area contributed by atoms with Gasteiger partial charge in [0.1, 0.15) is 0 Å². The van der Waals surface area contributed by atoms with Gasteiger partial charge >= 0.3 is 0 Å². The first kappa shape index (κ1) is 12.9. The van der Waals surface area contributed by atoms with Gasteiger partial charge in [0.15, 0.2) is 0 Å². The lowest BCUT2D eigenvalue weighted by molar-refractivity contribution is 0.330. The fourth-order valence-corrected chi connectivity index (χ4v) is 2.90. The summed E-state index contributed by atoms with van der Waals surface area (Å²) in [6.07, 6.45) is 2.23. The third kappa shape index (κ3) is 3.44. The van der Waals surface area contributed by atoms with Crippen molar-refractivity contribution in [2.45, 2.75) is 31.8 Å². The average molecular weight is 253 g/mol. The van der Waals surface area contributed by atoms with E-state index in [9.17, 15) is 0 Å².